The van der Waals surface area contributed by atoms with E-state index in [4.69, 9.17) is 5.84 Å². The molecule has 0 bridgehead atoms. The van der Waals surface area contributed by atoms with Gasteiger partial charge in [0.25, 0.3) is 0 Å². The van der Waals surface area contributed by atoms with E-state index < -0.39 is 0 Å². The minimum Gasteiger partial charge on any atom is -0.324 e. The summed E-state index contributed by atoms with van der Waals surface area (Å²) in [6.07, 6.45) is 1.65. The Morgan fingerprint density at radius 3 is 2.53 bits per heavy atom. The number of hydrogen-bond acceptors (Lipinski definition) is 3. The van der Waals surface area contributed by atoms with E-state index in [0.29, 0.717) is 0 Å². The van der Waals surface area contributed by atoms with Crippen molar-refractivity contribution in [2.45, 2.75) is 0 Å². The van der Waals surface area contributed by atoms with Crippen LogP contribution in [0.15, 0.2) is 42.6 Å². The van der Waals surface area contributed by atoms with Crippen LogP contribution in [-0.2, 0) is 0 Å². The van der Waals surface area contributed by atoms with Gasteiger partial charge in [-0.25, -0.2) is 4.39 Å². The van der Waals surface area contributed by atoms with Gasteiger partial charge in [-0.2, -0.15) is 0 Å². The molecule has 0 aliphatic rings. The van der Waals surface area contributed by atoms with Crippen molar-refractivity contribution >= 4 is 5.69 Å². The van der Waals surface area contributed by atoms with E-state index in [1.165, 1.54) is 12.1 Å². The third-order valence-electron chi connectivity index (χ3n) is 2.07. The first-order valence-electron chi connectivity index (χ1n) is 4.48. The molecular formula is C11H10FN3. The molecule has 1 aromatic carbocycles. The summed E-state index contributed by atoms with van der Waals surface area (Å²) in [5.41, 5.74) is 4.91. The van der Waals surface area contributed by atoms with Gasteiger partial charge < -0.3 is 5.43 Å². The molecule has 0 amide bonds. The number of anilines is 1. The average Bonchev–Trinajstić information content (AvgIpc) is 2.30. The molecule has 0 fully saturated rings. The lowest BCUT2D eigenvalue weighted by Crippen LogP contribution is -2.06. The first kappa shape index (κ1) is 9.61. The molecule has 0 radical (unpaired) electrons. The van der Waals surface area contributed by atoms with E-state index in [9.17, 15) is 4.39 Å². The Labute approximate surface area is 86.7 Å². The second-order valence-corrected chi connectivity index (χ2v) is 3.08. The predicted molar refractivity (Wildman–Crippen MR) is 57.4 cm³/mol. The Hall–Kier alpha value is -1.94. The lowest BCUT2D eigenvalue weighted by Gasteiger charge is -2.03. The van der Waals surface area contributed by atoms with E-state index in [1.807, 2.05) is 0 Å². The van der Waals surface area contributed by atoms with Gasteiger partial charge >= 0.3 is 0 Å². The number of nitrogen functional groups attached to an aromatic ring is 1. The number of halogens is 1. The Kier molecular flexibility index (Phi) is 2.60. The van der Waals surface area contributed by atoms with Gasteiger partial charge in [-0.05, 0) is 36.4 Å². The van der Waals surface area contributed by atoms with Gasteiger partial charge in [0.1, 0.15) is 5.82 Å². The highest BCUT2D eigenvalue weighted by molar-refractivity contribution is 5.63. The smallest absolute Gasteiger partial charge is 0.123 e. The number of benzene rings is 1. The molecule has 0 saturated heterocycles. The van der Waals surface area contributed by atoms with Gasteiger partial charge in [-0.1, -0.05) is 0 Å². The van der Waals surface area contributed by atoms with E-state index in [0.717, 1.165) is 16.9 Å². The minimum absolute atomic E-state index is 0.258. The molecule has 2 rings (SSSR count). The summed E-state index contributed by atoms with van der Waals surface area (Å²) in [6, 6.07) is 9.72. The van der Waals surface area contributed by atoms with Crippen LogP contribution in [0.1, 0.15) is 0 Å². The molecule has 0 aliphatic carbocycles. The topological polar surface area (TPSA) is 50.9 Å². The molecule has 1 aromatic heterocycles. The van der Waals surface area contributed by atoms with Crippen molar-refractivity contribution in [3.63, 3.8) is 0 Å². The molecule has 0 aliphatic heterocycles. The second kappa shape index (κ2) is 4.06. The average molecular weight is 203 g/mol. The summed E-state index contributed by atoms with van der Waals surface area (Å²) >= 11 is 0. The second-order valence-electron chi connectivity index (χ2n) is 3.08. The molecule has 15 heavy (non-hydrogen) atoms. The lowest BCUT2D eigenvalue weighted by molar-refractivity contribution is 0.628. The molecule has 1 heterocycles. The molecule has 0 atom stereocenters. The summed E-state index contributed by atoms with van der Waals surface area (Å²) < 4.78 is 12.7. The fourth-order valence-electron chi connectivity index (χ4n) is 1.30. The molecule has 3 N–H and O–H groups in total. The molecule has 2 aromatic rings. The molecule has 76 valence electrons. The largest absolute Gasteiger partial charge is 0.324 e. The van der Waals surface area contributed by atoms with E-state index in [2.05, 4.69) is 10.4 Å². The van der Waals surface area contributed by atoms with E-state index in [-0.39, 0.29) is 5.82 Å². The highest BCUT2D eigenvalue weighted by Crippen LogP contribution is 2.19. The fourth-order valence-corrected chi connectivity index (χ4v) is 1.30. The molecular weight excluding hydrogens is 193 g/mol. The van der Waals surface area contributed by atoms with Gasteiger partial charge in [-0.15, -0.1) is 0 Å². The monoisotopic (exact) mass is 203 g/mol. The summed E-state index contributed by atoms with van der Waals surface area (Å²) in [5, 5.41) is 0. The zero-order valence-corrected chi connectivity index (χ0v) is 7.94. The maximum Gasteiger partial charge on any atom is 0.123 e. The van der Waals surface area contributed by atoms with Gasteiger partial charge in [0, 0.05) is 11.8 Å². The summed E-state index contributed by atoms with van der Waals surface area (Å²) in [5.74, 6) is 5.03. The molecule has 0 unspecified atom stereocenters. The Morgan fingerprint density at radius 1 is 1.13 bits per heavy atom. The highest BCUT2D eigenvalue weighted by Gasteiger charge is 2.00. The first-order chi connectivity index (χ1) is 7.29. The molecule has 0 spiro atoms. The molecule has 0 saturated carbocycles. The Balaban J connectivity index is 2.40. The van der Waals surface area contributed by atoms with Crippen molar-refractivity contribution in [1.29, 1.82) is 0 Å². The third kappa shape index (κ3) is 2.11. The lowest BCUT2D eigenvalue weighted by atomic mass is 10.1. The number of pyridine rings is 1. The number of hydrazine groups is 1. The van der Waals surface area contributed by atoms with Crippen LogP contribution in [0.2, 0.25) is 0 Å². The van der Waals surface area contributed by atoms with E-state index >= 15 is 0 Å². The van der Waals surface area contributed by atoms with Crippen molar-refractivity contribution in [2.75, 3.05) is 5.43 Å². The summed E-state index contributed by atoms with van der Waals surface area (Å²) in [6.45, 7) is 0. The quantitative estimate of drug-likeness (QED) is 0.581. The fraction of sp³-hybridized carbons (Fsp3) is 0. The summed E-state index contributed by atoms with van der Waals surface area (Å²) in [7, 11) is 0. The number of nitrogens with zero attached hydrogens (tertiary/aromatic N) is 1. The summed E-state index contributed by atoms with van der Waals surface area (Å²) in [4.78, 5) is 4.17. The number of hydrogen-bond donors (Lipinski definition) is 2. The van der Waals surface area contributed by atoms with Crippen LogP contribution in [0.4, 0.5) is 10.1 Å². The number of aromatic nitrogens is 1. The number of nitrogens with one attached hydrogen (secondary N) is 1. The highest BCUT2D eigenvalue weighted by atomic mass is 19.1. The van der Waals surface area contributed by atoms with Crippen LogP contribution >= 0.6 is 0 Å². The Morgan fingerprint density at radius 2 is 1.87 bits per heavy atom. The van der Waals surface area contributed by atoms with Gasteiger partial charge in [0.15, 0.2) is 0 Å². The minimum atomic E-state index is -0.258. The van der Waals surface area contributed by atoms with Crippen LogP contribution in [-0.4, -0.2) is 4.98 Å². The number of rotatable bonds is 2. The van der Waals surface area contributed by atoms with E-state index in [1.54, 1.807) is 30.5 Å². The first-order valence-corrected chi connectivity index (χ1v) is 4.48. The van der Waals surface area contributed by atoms with Crippen LogP contribution < -0.4 is 11.3 Å². The predicted octanol–water partition coefficient (Wildman–Crippen LogP) is 2.17. The van der Waals surface area contributed by atoms with Crippen LogP contribution in [0.5, 0.6) is 0 Å². The van der Waals surface area contributed by atoms with Crippen LogP contribution in [0.3, 0.4) is 0 Å². The van der Waals surface area contributed by atoms with Crippen molar-refractivity contribution in [3.8, 4) is 11.3 Å². The zero-order valence-electron chi connectivity index (χ0n) is 7.94. The van der Waals surface area contributed by atoms with Gasteiger partial charge in [0.05, 0.1) is 11.4 Å². The van der Waals surface area contributed by atoms with Crippen LogP contribution in [0.25, 0.3) is 11.3 Å². The third-order valence-corrected chi connectivity index (χ3v) is 2.07. The van der Waals surface area contributed by atoms with Crippen LogP contribution in [0, 0.1) is 5.82 Å². The number of nitrogens with two attached hydrogens (primary N) is 1. The van der Waals surface area contributed by atoms with Crippen molar-refractivity contribution < 1.29 is 4.39 Å². The molecule has 4 heteroatoms. The van der Waals surface area contributed by atoms with Crippen molar-refractivity contribution in [2.24, 2.45) is 5.84 Å². The molecule has 3 nitrogen and oxygen atoms in total. The Bertz CT molecular complexity index is 454. The van der Waals surface area contributed by atoms with Crippen molar-refractivity contribution in [1.82, 2.24) is 4.98 Å². The zero-order chi connectivity index (χ0) is 10.7. The normalized spacial score (nSPS) is 10.0. The van der Waals surface area contributed by atoms with Gasteiger partial charge in [-0.3, -0.25) is 10.8 Å². The standard InChI is InChI=1S/C11H10FN3/c12-9-3-1-8(2-4-9)11-7-10(15-13)5-6-14-11/h1-7H,13H2,(H,14,15). The SMILES string of the molecule is NNc1ccnc(-c2ccc(F)cc2)c1. The van der Waals surface area contributed by atoms with Gasteiger partial charge in [0.2, 0.25) is 0 Å². The maximum absolute atomic E-state index is 12.7. The maximum atomic E-state index is 12.7. The van der Waals surface area contributed by atoms with Crippen molar-refractivity contribution in [3.05, 3.63) is 48.4 Å².